The van der Waals surface area contributed by atoms with E-state index in [2.05, 4.69) is 34.0 Å². The van der Waals surface area contributed by atoms with Gasteiger partial charge in [0.15, 0.2) is 0 Å². The molecular formula is C20H31FN4O. The summed E-state index contributed by atoms with van der Waals surface area (Å²) in [7, 11) is 2.17. The van der Waals surface area contributed by atoms with Crippen LogP contribution in [0.3, 0.4) is 0 Å². The van der Waals surface area contributed by atoms with E-state index in [0.29, 0.717) is 25.6 Å². The molecule has 26 heavy (non-hydrogen) atoms. The number of carbonyl (C=O) groups excluding carboxylic acids is 1. The van der Waals surface area contributed by atoms with Gasteiger partial charge in [-0.3, -0.25) is 4.90 Å². The normalized spacial score (nSPS) is 24.0. The fourth-order valence-corrected chi connectivity index (χ4v) is 4.01. The van der Waals surface area contributed by atoms with Crippen molar-refractivity contribution < 1.29 is 9.18 Å². The minimum absolute atomic E-state index is 0.0171. The molecule has 1 aromatic rings. The van der Waals surface area contributed by atoms with Gasteiger partial charge in [-0.2, -0.15) is 0 Å². The Kier molecular flexibility index (Phi) is 6.86. The van der Waals surface area contributed by atoms with Gasteiger partial charge in [0.1, 0.15) is 6.17 Å². The van der Waals surface area contributed by atoms with Gasteiger partial charge in [0.2, 0.25) is 0 Å². The zero-order valence-corrected chi connectivity index (χ0v) is 15.6. The maximum absolute atomic E-state index is 13.2. The fraction of sp³-hybridized carbons (Fsp3) is 0.650. The standard InChI is InChI=1S/C20H31FN4O/c1-25(18-8-3-2-4-9-18)14-15-7-5-6-10-19(15)24-20(26)23-13-17-11-16(21)12-22-17/h5-7,10,16-18,22H,2-4,8-9,11-14H2,1H3,(H2,23,24,26)/t16-,17-/m0/s1. The molecule has 1 heterocycles. The van der Waals surface area contributed by atoms with E-state index in [1.54, 1.807) is 0 Å². The van der Waals surface area contributed by atoms with Crippen molar-refractivity contribution in [3.8, 4) is 0 Å². The van der Waals surface area contributed by atoms with Crippen molar-refractivity contribution in [2.45, 2.75) is 63.3 Å². The molecule has 1 saturated carbocycles. The van der Waals surface area contributed by atoms with Crippen LogP contribution in [0, 0.1) is 0 Å². The Morgan fingerprint density at radius 3 is 2.77 bits per heavy atom. The highest BCUT2D eigenvalue weighted by atomic mass is 19.1. The topological polar surface area (TPSA) is 56.4 Å². The molecule has 0 radical (unpaired) electrons. The summed E-state index contributed by atoms with van der Waals surface area (Å²) < 4.78 is 13.2. The molecule has 2 fully saturated rings. The van der Waals surface area contributed by atoms with Gasteiger partial charge in [-0.05, 0) is 37.9 Å². The first kappa shape index (κ1) is 19.1. The van der Waals surface area contributed by atoms with E-state index in [1.807, 2.05) is 18.2 Å². The number of halogens is 1. The van der Waals surface area contributed by atoms with Gasteiger partial charge in [-0.25, -0.2) is 9.18 Å². The van der Waals surface area contributed by atoms with Gasteiger partial charge in [-0.15, -0.1) is 0 Å². The molecule has 0 aromatic heterocycles. The van der Waals surface area contributed by atoms with Gasteiger partial charge >= 0.3 is 6.03 Å². The third-order valence-electron chi connectivity index (χ3n) is 5.56. The highest BCUT2D eigenvalue weighted by Gasteiger charge is 2.24. The molecule has 144 valence electrons. The fourth-order valence-electron chi connectivity index (χ4n) is 4.01. The molecule has 2 atom stereocenters. The highest BCUT2D eigenvalue weighted by Crippen LogP contribution is 2.24. The number of hydrogen-bond donors (Lipinski definition) is 3. The van der Waals surface area contributed by atoms with E-state index < -0.39 is 6.17 Å². The van der Waals surface area contributed by atoms with E-state index in [9.17, 15) is 9.18 Å². The predicted molar refractivity (Wildman–Crippen MR) is 103 cm³/mol. The molecule has 0 unspecified atom stereocenters. The van der Waals surface area contributed by atoms with Gasteiger partial charge in [0.25, 0.3) is 0 Å². The second kappa shape index (κ2) is 9.33. The third kappa shape index (κ3) is 5.42. The summed E-state index contributed by atoms with van der Waals surface area (Å²) in [6, 6.07) is 8.37. The molecule has 2 aliphatic rings. The highest BCUT2D eigenvalue weighted by molar-refractivity contribution is 5.90. The number of hydrogen-bond acceptors (Lipinski definition) is 3. The number of benzene rings is 1. The van der Waals surface area contributed by atoms with Crippen molar-refractivity contribution in [2.75, 3.05) is 25.5 Å². The molecule has 1 aromatic carbocycles. The molecule has 3 N–H and O–H groups in total. The molecule has 1 aliphatic carbocycles. The average Bonchev–Trinajstić information content (AvgIpc) is 3.08. The van der Waals surface area contributed by atoms with Crippen LogP contribution in [0.25, 0.3) is 0 Å². The van der Waals surface area contributed by atoms with E-state index in [-0.39, 0.29) is 12.1 Å². The number of alkyl halides is 1. The van der Waals surface area contributed by atoms with Gasteiger partial charge in [0.05, 0.1) is 0 Å². The minimum atomic E-state index is -0.805. The van der Waals surface area contributed by atoms with Gasteiger partial charge < -0.3 is 16.0 Å². The molecular weight excluding hydrogens is 331 g/mol. The van der Waals surface area contributed by atoms with Crippen molar-refractivity contribution in [1.29, 1.82) is 0 Å². The first-order valence-electron chi connectivity index (χ1n) is 9.82. The SMILES string of the molecule is CN(Cc1ccccc1NC(=O)NC[C@@H]1C[C@H](F)CN1)C1CCCCC1. The second-order valence-corrected chi connectivity index (χ2v) is 7.64. The quantitative estimate of drug-likeness (QED) is 0.728. The van der Waals surface area contributed by atoms with Gasteiger partial charge in [-0.1, -0.05) is 37.5 Å². The third-order valence-corrected chi connectivity index (χ3v) is 5.56. The number of para-hydroxylation sites is 1. The lowest BCUT2D eigenvalue weighted by molar-refractivity contribution is 0.185. The Hall–Kier alpha value is -1.66. The molecule has 0 bridgehead atoms. The molecule has 3 rings (SSSR count). The zero-order chi connectivity index (χ0) is 18.4. The Morgan fingerprint density at radius 1 is 1.27 bits per heavy atom. The lowest BCUT2D eigenvalue weighted by Gasteiger charge is -2.31. The van der Waals surface area contributed by atoms with Crippen molar-refractivity contribution in [2.24, 2.45) is 0 Å². The first-order chi connectivity index (χ1) is 12.6. The summed E-state index contributed by atoms with van der Waals surface area (Å²) in [4.78, 5) is 14.6. The summed E-state index contributed by atoms with van der Waals surface area (Å²) in [5.74, 6) is 0. The number of nitrogens with one attached hydrogen (secondary N) is 3. The Balaban J connectivity index is 1.52. The molecule has 2 amide bonds. The van der Waals surface area contributed by atoms with Crippen LogP contribution < -0.4 is 16.0 Å². The summed E-state index contributed by atoms with van der Waals surface area (Å²) in [5.41, 5.74) is 1.97. The first-order valence-corrected chi connectivity index (χ1v) is 9.82. The Labute approximate surface area is 155 Å². The van der Waals surface area contributed by atoms with Crippen LogP contribution in [0.4, 0.5) is 14.9 Å². The van der Waals surface area contributed by atoms with Crippen LogP contribution in [0.15, 0.2) is 24.3 Å². The number of carbonyl (C=O) groups is 1. The lowest BCUT2D eigenvalue weighted by atomic mass is 9.94. The van der Waals surface area contributed by atoms with E-state index >= 15 is 0 Å². The van der Waals surface area contributed by atoms with E-state index in [0.717, 1.165) is 17.8 Å². The molecule has 1 saturated heterocycles. The zero-order valence-electron chi connectivity index (χ0n) is 15.6. The number of anilines is 1. The summed E-state index contributed by atoms with van der Waals surface area (Å²) in [5, 5.41) is 8.88. The molecule has 6 heteroatoms. The van der Waals surface area contributed by atoms with Crippen LogP contribution in [-0.4, -0.2) is 49.3 Å². The second-order valence-electron chi connectivity index (χ2n) is 7.64. The minimum Gasteiger partial charge on any atom is -0.336 e. The summed E-state index contributed by atoms with van der Waals surface area (Å²) in [6.45, 7) is 1.65. The van der Waals surface area contributed by atoms with Crippen LogP contribution >= 0.6 is 0 Å². The number of nitrogens with zero attached hydrogens (tertiary/aromatic N) is 1. The predicted octanol–water partition coefficient (Wildman–Crippen LogP) is 3.27. The lowest BCUT2D eigenvalue weighted by Crippen LogP contribution is -2.39. The molecule has 5 nitrogen and oxygen atoms in total. The van der Waals surface area contributed by atoms with Gasteiger partial charge in [0, 0.05) is 37.4 Å². The maximum atomic E-state index is 13.2. The monoisotopic (exact) mass is 362 g/mol. The van der Waals surface area contributed by atoms with Crippen LogP contribution in [0.2, 0.25) is 0 Å². The molecule has 1 aliphatic heterocycles. The van der Waals surface area contributed by atoms with E-state index in [4.69, 9.17) is 0 Å². The van der Waals surface area contributed by atoms with Crippen molar-refractivity contribution >= 4 is 11.7 Å². The Bertz CT molecular complexity index is 591. The number of urea groups is 1. The largest absolute Gasteiger partial charge is 0.336 e. The maximum Gasteiger partial charge on any atom is 0.319 e. The summed E-state index contributed by atoms with van der Waals surface area (Å²) >= 11 is 0. The number of rotatable bonds is 6. The van der Waals surface area contributed by atoms with Crippen LogP contribution in [0.1, 0.15) is 44.1 Å². The molecule has 0 spiro atoms. The average molecular weight is 362 g/mol. The number of amides is 2. The van der Waals surface area contributed by atoms with Crippen molar-refractivity contribution in [1.82, 2.24) is 15.5 Å². The van der Waals surface area contributed by atoms with Crippen LogP contribution in [0.5, 0.6) is 0 Å². The van der Waals surface area contributed by atoms with Crippen molar-refractivity contribution in [3.05, 3.63) is 29.8 Å². The Morgan fingerprint density at radius 2 is 2.04 bits per heavy atom. The van der Waals surface area contributed by atoms with Crippen molar-refractivity contribution in [3.63, 3.8) is 0 Å². The summed E-state index contributed by atoms with van der Waals surface area (Å²) in [6.07, 6.45) is 6.15. The van der Waals surface area contributed by atoms with E-state index in [1.165, 1.54) is 32.1 Å². The van der Waals surface area contributed by atoms with Crippen LogP contribution in [-0.2, 0) is 6.54 Å². The smallest absolute Gasteiger partial charge is 0.319 e.